The minimum absolute atomic E-state index is 0.0424. The molecule has 4 rings (SSSR count). The van der Waals surface area contributed by atoms with Gasteiger partial charge in [0, 0.05) is 17.7 Å². The molecule has 1 aliphatic heterocycles. The van der Waals surface area contributed by atoms with Crippen molar-refractivity contribution in [3.63, 3.8) is 0 Å². The number of hydrogen-bond acceptors (Lipinski definition) is 12. The van der Waals surface area contributed by atoms with Gasteiger partial charge in [-0.25, -0.2) is 4.79 Å². The Kier molecular flexibility index (Phi) is 6.17. The van der Waals surface area contributed by atoms with Crippen LogP contribution in [0.25, 0.3) is 22.3 Å². The maximum Gasteiger partial charge on any atom is 0.335 e. The summed E-state index contributed by atoms with van der Waals surface area (Å²) in [5.74, 6) is -3.97. The van der Waals surface area contributed by atoms with E-state index >= 15 is 0 Å². The van der Waals surface area contributed by atoms with Gasteiger partial charge in [-0.15, -0.1) is 0 Å². The number of rotatable bonds is 5. The summed E-state index contributed by atoms with van der Waals surface area (Å²) in [6, 6.07) is 5.88. The lowest BCUT2D eigenvalue weighted by molar-refractivity contribution is -0.271. The molecule has 186 valence electrons. The van der Waals surface area contributed by atoms with Crippen molar-refractivity contribution in [3.8, 4) is 40.1 Å². The SMILES string of the molecule is COc1ccc(-c2oc3cc(O)cc(O)c3c(=O)c2O)cc1OC1OC(C(=O)O)C(O)C(O)C1O. The van der Waals surface area contributed by atoms with E-state index in [1.165, 1.54) is 25.3 Å². The number of ether oxygens (including phenoxy) is 3. The molecule has 0 saturated carbocycles. The molecule has 0 amide bonds. The molecule has 1 fully saturated rings. The minimum Gasteiger partial charge on any atom is -0.508 e. The van der Waals surface area contributed by atoms with E-state index < -0.39 is 59.4 Å². The molecular weight excluding hydrogens is 472 g/mol. The normalized spacial score (nSPS) is 24.3. The number of aliphatic hydroxyl groups is 3. The van der Waals surface area contributed by atoms with Crippen LogP contribution in [0, 0.1) is 0 Å². The number of carboxylic acid groups (broad SMARTS) is 1. The zero-order valence-electron chi connectivity index (χ0n) is 17.9. The minimum atomic E-state index is -1.92. The molecule has 1 aliphatic rings. The lowest BCUT2D eigenvalue weighted by atomic mass is 9.99. The van der Waals surface area contributed by atoms with Crippen LogP contribution in [-0.2, 0) is 9.53 Å². The Labute approximate surface area is 195 Å². The summed E-state index contributed by atoms with van der Waals surface area (Å²) >= 11 is 0. The fourth-order valence-corrected chi connectivity index (χ4v) is 3.66. The summed E-state index contributed by atoms with van der Waals surface area (Å²) in [4.78, 5) is 24.0. The Balaban J connectivity index is 1.78. The van der Waals surface area contributed by atoms with Gasteiger partial charge in [0.05, 0.1) is 7.11 Å². The molecule has 1 saturated heterocycles. The van der Waals surface area contributed by atoms with Crippen LogP contribution in [-0.4, -0.2) is 79.5 Å². The van der Waals surface area contributed by atoms with Crippen molar-refractivity contribution in [1.29, 1.82) is 0 Å². The van der Waals surface area contributed by atoms with Gasteiger partial charge >= 0.3 is 5.97 Å². The van der Waals surface area contributed by atoms with Gasteiger partial charge in [-0.05, 0) is 18.2 Å². The maximum absolute atomic E-state index is 12.6. The number of fused-ring (bicyclic) bond motifs is 1. The van der Waals surface area contributed by atoms with E-state index in [4.69, 9.17) is 18.6 Å². The summed E-state index contributed by atoms with van der Waals surface area (Å²) in [7, 11) is 1.28. The van der Waals surface area contributed by atoms with Crippen molar-refractivity contribution in [1.82, 2.24) is 0 Å². The number of methoxy groups -OCH3 is 1. The predicted molar refractivity (Wildman–Crippen MR) is 114 cm³/mol. The molecule has 3 aromatic rings. The average Bonchev–Trinajstić information content (AvgIpc) is 2.80. The predicted octanol–water partition coefficient (Wildman–Crippen LogP) is -0.144. The van der Waals surface area contributed by atoms with E-state index in [0.29, 0.717) is 0 Å². The van der Waals surface area contributed by atoms with Gasteiger partial charge in [0.25, 0.3) is 0 Å². The largest absolute Gasteiger partial charge is 0.508 e. The van der Waals surface area contributed by atoms with Gasteiger partial charge in [0.15, 0.2) is 23.4 Å². The standard InChI is InChI=1S/C22H20O13/c1-32-10-3-2-7(19-16(27)14(25)13-9(24)5-8(23)6-12(13)33-19)4-11(10)34-22-18(29)15(26)17(28)20(35-22)21(30)31/h2-6,15,17-18,20,22-24,26-29H,1H3,(H,30,31). The molecular formula is C22H20O13. The molecule has 1 aromatic heterocycles. The van der Waals surface area contributed by atoms with Gasteiger partial charge in [0.2, 0.25) is 17.5 Å². The van der Waals surface area contributed by atoms with Crippen LogP contribution in [0.2, 0.25) is 0 Å². The second kappa shape index (κ2) is 8.96. The summed E-state index contributed by atoms with van der Waals surface area (Å²) in [5.41, 5.74) is -1.17. The van der Waals surface area contributed by atoms with Crippen LogP contribution < -0.4 is 14.9 Å². The van der Waals surface area contributed by atoms with Gasteiger partial charge in [-0.1, -0.05) is 0 Å². The molecule has 13 nitrogen and oxygen atoms in total. The number of carbonyl (C=O) groups is 1. The number of carboxylic acids is 1. The molecule has 2 aromatic carbocycles. The number of aromatic hydroxyl groups is 3. The third-order valence-electron chi connectivity index (χ3n) is 5.42. The first kappa shape index (κ1) is 24.1. The maximum atomic E-state index is 12.6. The fraction of sp³-hybridized carbons (Fsp3) is 0.273. The van der Waals surface area contributed by atoms with E-state index in [0.717, 1.165) is 12.1 Å². The molecule has 2 heterocycles. The number of hydrogen-bond donors (Lipinski definition) is 7. The third-order valence-corrected chi connectivity index (χ3v) is 5.42. The van der Waals surface area contributed by atoms with Gasteiger partial charge in [0.1, 0.15) is 40.8 Å². The Morgan fingerprint density at radius 1 is 0.971 bits per heavy atom. The topological polar surface area (TPSA) is 217 Å². The van der Waals surface area contributed by atoms with Crippen molar-refractivity contribution >= 4 is 16.9 Å². The Bertz CT molecular complexity index is 1350. The van der Waals surface area contributed by atoms with Crippen LogP contribution in [0.5, 0.6) is 28.7 Å². The zero-order chi connectivity index (χ0) is 25.6. The molecule has 0 aliphatic carbocycles. The smallest absolute Gasteiger partial charge is 0.335 e. The molecule has 0 radical (unpaired) electrons. The number of phenolic OH excluding ortho intramolecular Hbond substituents is 2. The Morgan fingerprint density at radius 3 is 2.34 bits per heavy atom. The third kappa shape index (κ3) is 4.17. The first-order valence-corrected chi connectivity index (χ1v) is 10.0. The van der Waals surface area contributed by atoms with E-state index in [1.807, 2.05) is 0 Å². The van der Waals surface area contributed by atoms with Crippen molar-refractivity contribution < 1.29 is 59.2 Å². The first-order valence-electron chi connectivity index (χ1n) is 10.0. The monoisotopic (exact) mass is 492 g/mol. The molecule has 13 heteroatoms. The molecule has 0 spiro atoms. The average molecular weight is 492 g/mol. The second-order valence-electron chi connectivity index (χ2n) is 7.67. The quantitative estimate of drug-likeness (QED) is 0.247. The van der Waals surface area contributed by atoms with Gasteiger partial charge in [-0.3, -0.25) is 4.79 Å². The highest BCUT2D eigenvalue weighted by molar-refractivity contribution is 5.88. The van der Waals surface area contributed by atoms with Crippen LogP contribution in [0.1, 0.15) is 0 Å². The van der Waals surface area contributed by atoms with Crippen molar-refractivity contribution in [2.45, 2.75) is 30.7 Å². The van der Waals surface area contributed by atoms with Crippen LogP contribution in [0.15, 0.2) is 39.5 Å². The van der Waals surface area contributed by atoms with E-state index in [1.54, 1.807) is 0 Å². The highest BCUT2D eigenvalue weighted by atomic mass is 16.7. The number of benzene rings is 2. The summed E-state index contributed by atoms with van der Waals surface area (Å²) in [6.45, 7) is 0. The molecule has 35 heavy (non-hydrogen) atoms. The van der Waals surface area contributed by atoms with Crippen LogP contribution in [0.3, 0.4) is 0 Å². The van der Waals surface area contributed by atoms with Gasteiger partial charge in [-0.2, -0.15) is 0 Å². The highest BCUT2D eigenvalue weighted by Gasteiger charge is 2.48. The van der Waals surface area contributed by atoms with Crippen molar-refractivity contribution in [3.05, 3.63) is 40.6 Å². The molecule has 5 unspecified atom stereocenters. The molecule has 5 atom stereocenters. The van der Waals surface area contributed by atoms with Crippen molar-refractivity contribution in [2.24, 2.45) is 0 Å². The number of aliphatic carboxylic acids is 1. The fourth-order valence-electron chi connectivity index (χ4n) is 3.66. The lowest BCUT2D eigenvalue weighted by Crippen LogP contribution is -2.61. The number of phenols is 2. The van der Waals surface area contributed by atoms with E-state index in [2.05, 4.69) is 0 Å². The zero-order valence-corrected chi connectivity index (χ0v) is 17.9. The summed E-state index contributed by atoms with van der Waals surface area (Å²) in [5, 5.41) is 69.0. The van der Waals surface area contributed by atoms with Gasteiger partial charge < -0.3 is 54.4 Å². The molecule has 0 bridgehead atoms. The van der Waals surface area contributed by atoms with Crippen LogP contribution >= 0.6 is 0 Å². The van der Waals surface area contributed by atoms with Crippen LogP contribution in [0.4, 0.5) is 0 Å². The Morgan fingerprint density at radius 2 is 1.69 bits per heavy atom. The number of aliphatic hydroxyl groups excluding tert-OH is 3. The highest BCUT2D eigenvalue weighted by Crippen LogP contribution is 2.39. The summed E-state index contributed by atoms with van der Waals surface area (Å²) < 4.78 is 21.4. The lowest BCUT2D eigenvalue weighted by Gasteiger charge is -2.38. The summed E-state index contributed by atoms with van der Waals surface area (Å²) in [6.07, 6.45) is -9.36. The van der Waals surface area contributed by atoms with E-state index in [9.17, 15) is 45.3 Å². The molecule has 7 N–H and O–H groups in total. The second-order valence-corrected chi connectivity index (χ2v) is 7.67. The van der Waals surface area contributed by atoms with Crippen molar-refractivity contribution in [2.75, 3.05) is 7.11 Å². The first-order chi connectivity index (χ1) is 16.5. The Hall–Kier alpha value is -4.04. The van der Waals surface area contributed by atoms with E-state index in [-0.39, 0.29) is 33.8 Å².